The number of pyridine rings is 2. The lowest BCUT2D eigenvalue weighted by Gasteiger charge is -2.36. The second-order valence-electron chi connectivity index (χ2n) is 9.95. The predicted molar refractivity (Wildman–Crippen MR) is 133 cm³/mol. The third-order valence-corrected chi connectivity index (χ3v) is 7.52. The second kappa shape index (κ2) is 10.2. The van der Waals surface area contributed by atoms with Crippen LogP contribution in [-0.2, 0) is 16.0 Å². The second-order valence-corrected chi connectivity index (χ2v) is 9.95. The maximum Gasteiger partial charge on any atom is 0.225 e. The third kappa shape index (κ3) is 5.40. The molecular weight excluding hydrogens is 443 g/mol. The van der Waals surface area contributed by atoms with Crippen molar-refractivity contribution in [3.63, 3.8) is 0 Å². The summed E-state index contributed by atoms with van der Waals surface area (Å²) in [5, 5.41) is 1.93. The van der Waals surface area contributed by atoms with Gasteiger partial charge >= 0.3 is 0 Å². The number of carbonyl (C=O) groups excluding carboxylic acids is 2. The third-order valence-electron chi connectivity index (χ3n) is 7.52. The SMILES string of the molecule is CN1CCN(C(=O)C2CCC(C(=O)Cc3cc4cc(-c5cncc(F)c5)ccc4cn3)CC2)CC1. The van der Waals surface area contributed by atoms with Crippen LogP contribution in [0.15, 0.2) is 48.9 Å². The van der Waals surface area contributed by atoms with Crippen molar-refractivity contribution in [3.05, 3.63) is 60.4 Å². The van der Waals surface area contributed by atoms with Gasteiger partial charge in [-0.3, -0.25) is 19.6 Å². The van der Waals surface area contributed by atoms with Crippen LogP contribution in [0.25, 0.3) is 21.9 Å². The molecule has 3 aromatic rings. The fourth-order valence-corrected chi connectivity index (χ4v) is 5.30. The molecule has 1 aromatic carbocycles. The highest BCUT2D eigenvalue weighted by molar-refractivity contribution is 5.89. The summed E-state index contributed by atoms with van der Waals surface area (Å²) in [5.41, 5.74) is 2.33. The Morgan fingerprint density at radius 2 is 1.63 bits per heavy atom. The van der Waals surface area contributed by atoms with Crippen LogP contribution in [0.5, 0.6) is 0 Å². The molecule has 3 heterocycles. The molecule has 0 bridgehead atoms. The minimum absolute atomic E-state index is 0.00580. The first-order chi connectivity index (χ1) is 17.0. The molecule has 1 aliphatic heterocycles. The van der Waals surface area contributed by atoms with Gasteiger partial charge in [0, 0.05) is 73.5 Å². The minimum atomic E-state index is -0.372. The Hall–Kier alpha value is -3.19. The Bertz CT molecular complexity index is 1230. The van der Waals surface area contributed by atoms with E-state index in [-0.39, 0.29) is 29.3 Å². The number of aromatic nitrogens is 2. The molecule has 6 nitrogen and oxygen atoms in total. The van der Waals surface area contributed by atoms with Crippen LogP contribution in [0, 0.1) is 17.7 Å². The number of likely N-dealkylation sites (N-methyl/N-ethyl adjacent to an activating group) is 1. The quantitative estimate of drug-likeness (QED) is 0.556. The number of fused-ring (bicyclic) bond motifs is 1. The van der Waals surface area contributed by atoms with E-state index in [0.717, 1.165) is 73.9 Å². The number of amides is 1. The average Bonchev–Trinajstić information content (AvgIpc) is 2.88. The van der Waals surface area contributed by atoms with Crippen molar-refractivity contribution in [2.45, 2.75) is 32.1 Å². The number of Topliss-reactive ketones (excluding diaryl/α,β-unsaturated/α-hetero) is 1. The number of benzene rings is 1. The van der Waals surface area contributed by atoms with Crippen molar-refractivity contribution in [2.24, 2.45) is 11.8 Å². The summed E-state index contributed by atoms with van der Waals surface area (Å²) in [5.74, 6) is 0.145. The molecule has 2 aromatic heterocycles. The Kier molecular flexibility index (Phi) is 6.86. The molecule has 2 fully saturated rings. The molecule has 1 aliphatic carbocycles. The Labute approximate surface area is 205 Å². The molecule has 1 saturated heterocycles. The first-order valence-electron chi connectivity index (χ1n) is 12.5. The maximum atomic E-state index is 13.6. The molecule has 182 valence electrons. The topological polar surface area (TPSA) is 66.4 Å². The van der Waals surface area contributed by atoms with E-state index in [2.05, 4.69) is 21.9 Å². The van der Waals surface area contributed by atoms with E-state index >= 15 is 0 Å². The van der Waals surface area contributed by atoms with Gasteiger partial charge in [-0.25, -0.2) is 4.39 Å². The Morgan fingerprint density at radius 1 is 0.886 bits per heavy atom. The molecule has 1 saturated carbocycles. The predicted octanol–water partition coefficient (Wildman–Crippen LogP) is 4.13. The summed E-state index contributed by atoms with van der Waals surface area (Å²) < 4.78 is 13.6. The largest absolute Gasteiger partial charge is 0.340 e. The lowest BCUT2D eigenvalue weighted by molar-refractivity contribution is -0.139. The highest BCUT2D eigenvalue weighted by atomic mass is 19.1. The van der Waals surface area contributed by atoms with Gasteiger partial charge in [-0.1, -0.05) is 12.1 Å². The van der Waals surface area contributed by atoms with Crippen LogP contribution in [0.4, 0.5) is 4.39 Å². The monoisotopic (exact) mass is 474 g/mol. The molecule has 0 N–H and O–H groups in total. The normalized spacial score (nSPS) is 21.3. The average molecular weight is 475 g/mol. The van der Waals surface area contributed by atoms with Gasteiger partial charge in [-0.05, 0) is 61.9 Å². The fourth-order valence-electron chi connectivity index (χ4n) is 5.30. The molecule has 0 spiro atoms. The van der Waals surface area contributed by atoms with Gasteiger partial charge < -0.3 is 9.80 Å². The molecule has 0 unspecified atom stereocenters. The molecule has 1 amide bonds. The summed E-state index contributed by atoms with van der Waals surface area (Å²) in [6, 6.07) is 9.27. The lowest BCUT2D eigenvalue weighted by Crippen LogP contribution is -2.49. The lowest BCUT2D eigenvalue weighted by atomic mass is 9.78. The Balaban J connectivity index is 1.21. The van der Waals surface area contributed by atoms with Gasteiger partial charge in [0.1, 0.15) is 11.6 Å². The van der Waals surface area contributed by atoms with Gasteiger partial charge in [-0.15, -0.1) is 0 Å². The van der Waals surface area contributed by atoms with E-state index in [4.69, 9.17) is 0 Å². The van der Waals surface area contributed by atoms with Gasteiger partial charge in [0.2, 0.25) is 5.91 Å². The standard InChI is InChI=1S/C28H31FN4O2/c1-32-8-10-33(11-9-32)28(35)20-4-2-19(3-5-20)27(34)15-26-14-23-12-21(6-7-22(23)17-31-26)24-13-25(29)18-30-16-24/h6-7,12-14,16-20H,2-5,8-11,15H2,1H3. The van der Waals surface area contributed by atoms with Crippen molar-refractivity contribution in [1.29, 1.82) is 0 Å². The van der Waals surface area contributed by atoms with E-state index in [1.165, 1.54) is 12.3 Å². The molecule has 0 radical (unpaired) electrons. The fraction of sp³-hybridized carbons (Fsp3) is 0.429. The van der Waals surface area contributed by atoms with Crippen molar-refractivity contribution >= 4 is 22.5 Å². The summed E-state index contributed by atoms with van der Waals surface area (Å²) in [6.45, 7) is 3.47. The number of halogens is 1. The number of piperazine rings is 1. The van der Waals surface area contributed by atoms with Gasteiger partial charge in [-0.2, -0.15) is 0 Å². The number of rotatable bonds is 5. The zero-order chi connectivity index (χ0) is 24.4. The maximum absolute atomic E-state index is 13.6. The van der Waals surface area contributed by atoms with E-state index in [1.807, 2.05) is 29.2 Å². The first kappa shape index (κ1) is 23.5. The molecule has 5 rings (SSSR count). The van der Waals surface area contributed by atoms with Crippen molar-refractivity contribution < 1.29 is 14.0 Å². The number of carbonyl (C=O) groups is 2. The zero-order valence-corrected chi connectivity index (χ0v) is 20.1. The summed E-state index contributed by atoms with van der Waals surface area (Å²) in [6.07, 6.45) is 8.03. The molecule has 7 heteroatoms. The van der Waals surface area contributed by atoms with E-state index in [0.29, 0.717) is 12.0 Å². The summed E-state index contributed by atoms with van der Waals surface area (Å²) in [4.78, 5) is 38.6. The van der Waals surface area contributed by atoms with Crippen LogP contribution < -0.4 is 0 Å². The van der Waals surface area contributed by atoms with E-state index in [9.17, 15) is 14.0 Å². The highest BCUT2D eigenvalue weighted by Gasteiger charge is 2.33. The van der Waals surface area contributed by atoms with Crippen LogP contribution in [-0.4, -0.2) is 64.7 Å². The molecule has 35 heavy (non-hydrogen) atoms. The van der Waals surface area contributed by atoms with Crippen LogP contribution >= 0.6 is 0 Å². The smallest absolute Gasteiger partial charge is 0.225 e. The van der Waals surface area contributed by atoms with Crippen LogP contribution in [0.1, 0.15) is 31.4 Å². The highest BCUT2D eigenvalue weighted by Crippen LogP contribution is 2.32. The van der Waals surface area contributed by atoms with E-state index in [1.54, 1.807) is 12.4 Å². The minimum Gasteiger partial charge on any atom is -0.340 e. The van der Waals surface area contributed by atoms with Gasteiger partial charge in [0.25, 0.3) is 0 Å². The van der Waals surface area contributed by atoms with Gasteiger partial charge in [0.15, 0.2) is 0 Å². The number of nitrogens with zero attached hydrogens (tertiary/aromatic N) is 4. The van der Waals surface area contributed by atoms with Crippen LogP contribution in [0.3, 0.4) is 0 Å². The zero-order valence-electron chi connectivity index (χ0n) is 20.1. The van der Waals surface area contributed by atoms with Crippen molar-refractivity contribution in [2.75, 3.05) is 33.2 Å². The molecule has 0 atom stereocenters. The molecule has 2 aliphatic rings. The summed E-state index contributed by atoms with van der Waals surface area (Å²) >= 11 is 0. The number of hydrogen-bond donors (Lipinski definition) is 0. The molecular formula is C28H31FN4O2. The van der Waals surface area contributed by atoms with Crippen molar-refractivity contribution in [3.8, 4) is 11.1 Å². The van der Waals surface area contributed by atoms with E-state index < -0.39 is 0 Å². The number of hydrogen-bond acceptors (Lipinski definition) is 5. The Morgan fingerprint density at radius 3 is 2.37 bits per heavy atom. The first-order valence-corrected chi connectivity index (χ1v) is 12.5. The number of ketones is 1. The summed E-state index contributed by atoms with van der Waals surface area (Å²) in [7, 11) is 2.09. The van der Waals surface area contributed by atoms with Crippen LogP contribution in [0.2, 0.25) is 0 Å². The van der Waals surface area contributed by atoms with Crippen molar-refractivity contribution in [1.82, 2.24) is 19.8 Å². The van der Waals surface area contributed by atoms with Gasteiger partial charge in [0.05, 0.1) is 6.20 Å².